The molecule has 0 N–H and O–H groups in total. The second kappa shape index (κ2) is 13700. The fraction of sp³-hybridized carbons (Fsp3) is 0. The van der Waals surface area contributed by atoms with Crippen LogP contribution in [-0.2, 0) is 33.9 Å². The number of carbonyl (C=O) groups excluding carboxylic acids is 3. The molecule has 0 aliphatic carbocycles. The van der Waals surface area contributed by atoms with E-state index >= 15 is 0 Å². The maximum absolute atomic E-state index is 7.75. The van der Waals surface area contributed by atoms with E-state index in [1.54, 1.807) is 0 Å². The fourth-order valence-corrected chi connectivity index (χ4v) is 0. The average Bonchev–Trinajstić information content (AvgIpc) is 1.81. The van der Waals surface area contributed by atoms with Crippen molar-refractivity contribution < 1.29 is 58.7 Å². The van der Waals surface area contributed by atoms with Crippen molar-refractivity contribution >= 4 is 20.4 Å². The van der Waals surface area contributed by atoms with Gasteiger partial charge in [0.15, 0.2) is 0 Å². The Morgan fingerprint density at radius 3 is 0.600 bits per heavy atom. The molecule has 0 amide bonds. The third kappa shape index (κ3) is 9390. The minimum absolute atomic E-state index is 0. The molecule has 0 heterocycles. The molecular formula is C4H6Cl2O3Ru. The molecule has 0 aliphatic heterocycles. The van der Waals surface area contributed by atoms with Crippen LogP contribution in [0, 0.1) is 7.43 Å². The van der Waals surface area contributed by atoms with Crippen LogP contribution in [0.15, 0.2) is 0 Å². The molecule has 0 bridgehead atoms. The molecule has 62 valence electrons. The Balaban J connectivity index is -0.00000000225. The van der Waals surface area contributed by atoms with Crippen LogP contribution >= 0.6 is 0 Å². The number of halogens is 2. The van der Waals surface area contributed by atoms with Gasteiger partial charge in [-0.3, -0.25) is 20.4 Å². The smallest absolute Gasteiger partial charge is 1.00 e. The Hall–Kier alpha value is 0.213. The molecule has 3 nitrogen and oxygen atoms in total. The van der Waals surface area contributed by atoms with Gasteiger partial charge < -0.3 is 46.6 Å². The Morgan fingerprint density at radius 1 is 0.600 bits per heavy atom. The van der Waals surface area contributed by atoms with E-state index in [9.17, 15) is 0 Å². The van der Waals surface area contributed by atoms with Gasteiger partial charge in [0, 0.05) is 0 Å². The van der Waals surface area contributed by atoms with Crippen molar-refractivity contribution in [3.05, 3.63) is 7.43 Å². The quantitative estimate of drug-likeness (QED) is 0.251. The van der Waals surface area contributed by atoms with E-state index in [2.05, 4.69) is 20.4 Å². The maximum atomic E-state index is 7.75. The monoisotopic (exact) mass is 274 g/mol. The molecular weight excluding hydrogens is 268 g/mol. The molecule has 0 aliphatic rings. The van der Waals surface area contributed by atoms with Gasteiger partial charge >= 0.3 is 19.5 Å². The molecule has 0 atom stereocenters. The molecule has 6 heteroatoms. The van der Waals surface area contributed by atoms with Crippen molar-refractivity contribution in [3.63, 3.8) is 0 Å². The Bertz CT molecular complexity index is 23.2. The molecule has 0 aromatic rings. The summed E-state index contributed by atoms with van der Waals surface area (Å²) >= 11 is 0. The number of hydrogen-bond donors (Lipinski definition) is 0. The van der Waals surface area contributed by atoms with Gasteiger partial charge in [-0.1, -0.05) is 0 Å². The first-order valence-corrected chi connectivity index (χ1v) is 0.707. The molecule has 0 aromatic heterocycles. The topological polar surface area (TPSA) is 51.2 Å². The van der Waals surface area contributed by atoms with Crippen molar-refractivity contribution in [1.29, 1.82) is 0 Å². The van der Waals surface area contributed by atoms with Crippen molar-refractivity contribution in [3.8, 4) is 0 Å². The molecule has 0 spiro atoms. The van der Waals surface area contributed by atoms with E-state index < -0.39 is 0 Å². The van der Waals surface area contributed by atoms with Crippen LogP contribution in [0.5, 0.6) is 0 Å². The van der Waals surface area contributed by atoms with E-state index in [0.717, 1.165) is 0 Å². The Morgan fingerprint density at radius 2 is 0.600 bits per heavy atom. The Labute approximate surface area is 86.5 Å². The minimum atomic E-state index is 0. The van der Waals surface area contributed by atoms with Gasteiger partial charge in [-0.15, -0.1) is 0 Å². The predicted molar refractivity (Wildman–Crippen MR) is 26.7 cm³/mol. The van der Waals surface area contributed by atoms with E-state index in [-0.39, 0.29) is 51.7 Å². The summed E-state index contributed by atoms with van der Waals surface area (Å²) in [6.45, 7) is 9.75. The van der Waals surface area contributed by atoms with Crippen LogP contribution in [0.1, 0.15) is 0 Å². The summed E-state index contributed by atoms with van der Waals surface area (Å²) in [5, 5.41) is 0. The standard InChI is InChI=1S/3CHO.CH3.2ClH.Ru/c3*1-2;;;;/h3*1H;1H3;2*1H;/q4*-1;;;+6/p-2. The first-order chi connectivity index (χ1) is 3.00. The SMILES string of the molecule is [CH-]=O.[CH-]=O.[CH-]=O.[CH3-].[Cl-].[Cl-].[Ru+6]. The van der Waals surface area contributed by atoms with Gasteiger partial charge in [-0.25, -0.2) is 0 Å². The molecule has 10 heavy (non-hydrogen) atoms. The zero-order valence-electron chi connectivity index (χ0n) is 5.07. The van der Waals surface area contributed by atoms with Crippen LogP contribution in [-0.4, -0.2) is 20.4 Å². The van der Waals surface area contributed by atoms with Gasteiger partial charge in [0.25, 0.3) is 0 Å². The summed E-state index contributed by atoms with van der Waals surface area (Å²) in [5.41, 5.74) is 0. The Kier molecular flexibility index (Phi) is 115000. The van der Waals surface area contributed by atoms with Crippen LogP contribution < -0.4 is 24.8 Å². The molecule has 0 rings (SSSR count). The largest absolute Gasteiger partial charge is 6.00 e. The maximum Gasteiger partial charge on any atom is 6.00 e. The molecule has 0 saturated carbocycles. The number of hydrogen-bond acceptors (Lipinski definition) is 3. The van der Waals surface area contributed by atoms with E-state index in [0.29, 0.717) is 0 Å². The summed E-state index contributed by atoms with van der Waals surface area (Å²) in [4.78, 5) is 23.2. The normalized spacial score (nSPS) is 1.20. The van der Waals surface area contributed by atoms with Gasteiger partial charge in [0.05, 0.1) is 0 Å². The van der Waals surface area contributed by atoms with Crippen molar-refractivity contribution in [2.24, 2.45) is 0 Å². The second-order valence-electron chi connectivity index (χ2n) is 0. The molecule has 0 saturated heterocycles. The minimum Gasteiger partial charge on any atom is -1.00 e. The van der Waals surface area contributed by atoms with Crippen LogP contribution in [0.4, 0.5) is 0 Å². The van der Waals surface area contributed by atoms with Crippen molar-refractivity contribution in [2.45, 2.75) is 0 Å². The zero-order valence-corrected chi connectivity index (χ0v) is 8.32. The third-order valence-electron chi connectivity index (χ3n) is 0. The van der Waals surface area contributed by atoms with E-state index in [4.69, 9.17) is 14.4 Å². The van der Waals surface area contributed by atoms with Crippen molar-refractivity contribution in [1.82, 2.24) is 0 Å². The first-order valence-electron chi connectivity index (χ1n) is 0.707. The first kappa shape index (κ1) is 84.0. The zero-order chi connectivity index (χ0) is 6.00. The third-order valence-corrected chi connectivity index (χ3v) is 0. The van der Waals surface area contributed by atoms with Crippen molar-refractivity contribution in [2.75, 3.05) is 0 Å². The van der Waals surface area contributed by atoms with Gasteiger partial charge in [-0.05, 0) is 0 Å². The molecule has 0 unspecified atom stereocenters. The van der Waals surface area contributed by atoms with Gasteiger partial charge in [0.2, 0.25) is 0 Å². The predicted octanol–water partition coefficient (Wildman–Crippen LogP) is -6.37. The van der Waals surface area contributed by atoms with Crippen LogP contribution in [0.25, 0.3) is 0 Å². The van der Waals surface area contributed by atoms with Crippen LogP contribution in [0.3, 0.4) is 0 Å². The molecule has 0 fully saturated rings. The van der Waals surface area contributed by atoms with Gasteiger partial charge in [-0.2, -0.15) is 0 Å². The second-order valence-corrected chi connectivity index (χ2v) is 0. The number of rotatable bonds is 0. The van der Waals surface area contributed by atoms with Crippen LogP contribution in [0.2, 0.25) is 0 Å². The summed E-state index contributed by atoms with van der Waals surface area (Å²) in [6.07, 6.45) is 0. The van der Waals surface area contributed by atoms with E-state index in [1.807, 2.05) is 0 Å². The van der Waals surface area contributed by atoms with Gasteiger partial charge in [0.1, 0.15) is 0 Å². The summed E-state index contributed by atoms with van der Waals surface area (Å²) < 4.78 is 0. The average molecular weight is 274 g/mol. The van der Waals surface area contributed by atoms with E-state index in [1.165, 1.54) is 0 Å². The molecule has 0 radical (unpaired) electrons. The fourth-order valence-electron chi connectivity index (χ4n) is 0. The summed E-state index contributed by atoms with van der Waals surface area (Å²) in [7, 11) is 0. The summed E-state index contributed by atoms with van der Waals surface area (Å²) in [5.74, 6) is 0. The molecule has 0 aromatic carbocycles. The summed E-state index contributed by atoms with van der Waals surface area (Å²) in [6, 6.07) is 0.